The van der Waals surface area contributed by atoms with Crippen LogP contribution in [0, 0.1) is 13.8 Å². The van der Waals surface area contributed by atoms with Crippen LogP contribution in [0.25, 0.3) is 0 Å². The van der Waals surface area contributed by atoms with Gasteiger partial charge in [0.05, 0.1) is 25.1 Å². The summed E-state index contributed by atoms with van der Waals surface area (Å²) in [5.41, 5.74) is 3.56. The number of methoxy groups -OCH3 is 1. The first-order valence-corrected chi connectivity index (χ1v) is 10.9. The summed E-state index contributed by atoms with van der Waals surface area (Å²) in [5, 5.41) is 2.94. The van der Waals surface area contributed by atoms with Gasteiger partial charge in [0.15, 0.2) is 0 Å². The quantitative estimate of drug-likeness (QED) is 0.768. The maximum atomic E-state index is 12.9. The lowest BCUT2D eigenvalue weighted by Gasteiger charge is -2.29. The van der Waals surface area contributed by atoms with E-state index < -0.39 is 16.1 Å². The number of carbonyl (C=O) groups is 1. The summed E-state index contributed by atoms with van der Waals surface area (Å²) < 4.78 is 31.2. The molecule has 0 aliphatic heterocycles. The van der Waals surface area contributed by atoms with Crippen LogP contribution in [0.3, 0.4) is 0 Å². The molecule has 2 atom stereocenters. The molecular formula is C21H28N2O4S. The minimum Gasteiger partial charge on any atom is -0.497 e. The number of sulfonamides is 1. The van der Waals surface area contributed by atoms with Gasteiger partial charge in [0.25, 0.3) is 0 Å². The van der Waals surface area contributed by atoms with Crippen LogP contribution < -0.4 is 14.4 Å². The first-order valence-electron chi connectivity index (χ1n) is 9.05. The average molecular weight is 405 g/mol. The largest absolute Gasteiger partial charge is 0.497 e. The molecule has 2 rings (SSSR count). The van der Waals surface area contributed by atoms with E-state index in [1.165, 1.54) is 7.11 Å². The molecule has 1 N–H and O–H groups in total. The van der Waals surface area contributed by atoms with Gasteiger partial charge in [-0.3, -0.25) is 9.10 Å². The molecule has 0 bridgehead atoms. The molecule has 0 radical (unpaired) electrons. The fourth-order valence-corrected chi connectivity index (χ4v) is 4.36. The predicted molar refractivity (Wildman–Crippen MR) is 112 cm³/mol. The molecule has 0 heterocycles. The molecule has 0 aliphatic rings. The van der Waals surface area contributed by atoms with Gasteiger partial charge in [-0.25, -0.2) is 8.42 Å². The Kier molecular flexibility index (Phi) is 6.72. The van der Waals surface area contributed by atoms with E-state index in [1.54, 1.807) is 31.2 Å². The highest BCUT2D eigenvalue weighted by Crippen LogP contribution is 2.26. The number of rotatable bonds is 7. The summed E-state index contributed by atoms with van der Waals surface area (Å²) in [6.07, 6.45) is 1.09. The number of benzene rings is 2. The zero-order valence-corrected chi connectivity index (χ0v) is 18.0. The lowest BCUT2D eigenvalue weighted by Crippen LogP contribution is -2.48. The third kappa shape index (κ3) is 5.04. The Bertz CT molecular complexity index is 957. The van der Waals surface area contributed by atoms with E-state index in [2.05, 4.69) is 5.32 Å². The molecule has 0 saturated carbocycles. The van der Waals surface area contributed by atoms with Crippen LogP contribution in [-0.4, -0.2) is 33.7 Å². The van der Waals surface area contributed by atoms with Crippen molar-refractivity contribution in [3.05, 3.63) is 59.2 Å². The molecule has 28 heavy (non-hydrogen) atoms. The molecule has 2 aromatic carbocycles. The second-order valence-electron chi connectivity index (χ2n) is 7.03. The number of aryl methyl sites for hydroxylation is 2. The zero-order chi connectivity index (χ0) is 21.1. The van der Waals surface area contributed by atoms with E-state index in [0.717, 1.165) is 27.3 Å². The fourth-order valence-electron chi connectivity index (χ4n) is 3.19. The maximum Gasteiger partial charge on any atom is 0.244 e. The number of nitrogens with zero attached hydrogens (tertiary/aromatic N) is 1. The van der Waals surface area contributed by atoms with Crippen LogP contribution in [0.15, 0.2) is 42.5 Å². The van der Waals surface area contributed by atoms with Gasteiger partial charge in [0, 0.05) is 6.07 Å². The Morgan fingerprint density at radius 3 is 2.39 bits per heavy atom. The van der Waals surface area contributed by atoms with E-state index in [4.69, 9.17) is 4.74 Å². The molecule has 7 heteroatoms. The molecule has 0 saturated heterocycles. The van der Waals surface area contributed by atoms with E-state index in [0.29, 0.717) is 11.4 Å². The summed E-state index contributed by atoms with van der Waals surface area (Å²) in [6.45, 7) is 7.45. The fraction of sp³-hybridized carbons (Fsp3) is 0.381. The van der Waals surface area contributed by atoms with Crippen molar-refractivity contribution < 1.29 is 17.9 Å². The van der Waals surface area contributed by atoms with Gasteiger partial charge >= 0.3 is 0 Å². The van der Waals surface area contributed by atoms with Gasteiger partial charge < -0.3 is 10.1 Å². The van der Waals surface area contributed by atoms with Crippen LogP contribution >= 0.6 is 0 Å². The van der Waals surface area contributed by atoms with Crippen molar-refractivity contribution in [2.24, 2.45) is 0 Å². The Balaban J connectivity index is 2.30. The Hall–Kier alpha value is -2.54. The van der Waals surface area contributed by atoms with Gasteiger partial charge in [-0.1, -0.05) is 29.8 Å². The third-order valence-electron chi connectivity index (χ3n) is 4.66. The van der Waals surface area contributed by atoms with Crippen LogP contribution in [0.1, 0.15) is 36.6 Å². The lowest BCUT2D eigenvalue weighted by atomic mass is 10.00. The molecule has 0 spiro atoms. The molecule has 152 valence electrons. The lowest BCUT2D eigenvalue weighted by molar-refractivity contribution is -0.122. The van der Waals surface area contributed by atoms with Crippen molar-refractivity contribution in [3.63, 3.8) is 0 Å². The summed E-state index contributed by atoms with van der Waals surface area (Å²) in [5.74, 6) is 0.143. The minimum absolute atomic E-state index is 0.249. The summed E-state index contributed by atoms with van der Waals surface area (Å²) in [6, 6.07) is 11.5. The number of anilines is 1. The molecule has 2 aromatic rings. The van der Waals surface area contributed by atoms with Gasteiger partial charge in [0.1, 0.15) is 11.8 Å². The number of hydrogen-bond donors (Lipinski definition) is 1. The number of amides is 1. The maximum absolute atomic E-state index is 12.9. The molecule has 0 aliphatic carbocycles. The number of hydrogen-bond acceptors (Lipinski definition) is 4. The van der Waals surface area contributed by atoms with Crippen LogP contribution in [0.5, 0.6) is 5.75 Å². The predicted octanol–water partition coefficient (Wildman–Crippen LogP) is 3.34. The highest BCUT2D eigenvalue weighted by atomic mass is 32.2. The molecular weight excluding hydrogens is 376 g/mol. The standard InChI is InChI=1S/C21H28N2O4S/c1-14-10-11-15(2)20(12-14)16(3)22-21(24)17(4)23(28(6,25)26)18-8-7-9-19(13-18)27-5/h7-13,16-17H,1-6H3,(H,22,24)/t16-,17+/m1/s1. The van der Waals surface area contributed by atoms with E-state index in [9.17, 15) is 13.2 Å². The van der Waals surface area contributed by atoms with Gasteiger partial charge in [0.2, 0.25) is 15.9 Å². The van der Waals surface area contributed by atoms with Crippen LogP contribution in [-0.2, 0) is 14.8 Å². The highest BCUT2D eigenvalue weighted by Gasteiger charge is 2.30. The van der Waals surface area contributed by atoms with Gasteiger partial charge in [-0.2, -0.15) is 0 Å². The van der Waals surface area contributed by atoms with Gasteiger partial charge in [-0.05, 0) is 51.0 Å². The molecule has 6 nitrogen and oxygen atoms in total. The second-order valence-corrected chi connectivity index (χ2v) is 8.89. The Morgan fingerprint density at radius 2 is 1.79 bits per heavy atom. The van der Waals surface area contributed by atoms with Gasteiger partial charge in [-0.15, -0.1) is 0 Å². The molecule has 1 amide bonds. The van der Waals surface area contributed by atoms with Crippen LogP contribution in [0.4, 0.5) is 5.69 Å². The Labute approximate surface area is 167 Å². The van der Waals surface area contributed by atoms with E-state index in [-0.39, 0.29) is 11.9 Å². The Morgan fingerprint density at radius 1 is 1.11 bits per heavy atom. The molecule has 0 unspecified atom stereocenters. The topological polar surface area (TPSA) is 75.7 Å². The van der Waals surface area contributed by atoms with Crippen LogP contribution in [0.2, 0.25) is 0 Å². The number of ether oxygens (including phenoxy) is 1. The van der Waals surface area contributed by atoms with E-state index >= 15 is 0 Å². The summed E-state index contributed by atoms with van der Waals surface area (Å²) in [7, 11) is -2.18. The van der Waals surface area contributed by atoms with Crippen molar-refractivity contribution in [1.82, 2.24) is 5.32 Å². The first kappa shape index (κ1) is 21.8. The third-order valence-corrected chi connectivity index (χ3v) is 5.90. The smallest absolute Gasteiger partial charge is 0.244 e. The van der Waals surface area contributed by atoms with Crippen molar-refractivity contribution in [2.45, 2.75) is 39.8 Å². The van der Waals surface area contributed by atoms with E-state index in [1.807, 2.05) is 39.0 Å². The van der Waals surface area contributed by atoms with Crippen molar-refractivity contribution in [3.8, 4) is 5.75 Å². The summed E-state index contributed by atoms with van der Waals surface area (Å²) >= 11 is 0. The van der Waals surface area contributed by atoms with Crippen molar-refractivity contribution in [1.29, 1.82) is 0 Å². The number of carbonyl (C=O) groups excluding carboxylic acids is 1. The molecule has 0 aromatic heterocycles. The SMILES string of the molecule is COc1cccc(N([C@@H](C)C(=O)N[C@H](C)c2cc(C)ccc2C)S(C)(=O)=O)c1. The highest BCUT2D eigenvalue weighted by molar-refractivity contribution is 7.92. The van der Waals surface area contributed by atoms with Crippen molar-refractivity contribution >= 4 is 21.6 Å². The first-order chi connectivity index (χ1) is 13.0. The second kappa shape index (κ2) is 8.65. The number of nitrogens with one attached hydrogen (secondary N) is 1. The van der Waals surface area contributed by atoms with Crippen molar-refractivity contribution in [2.75, 3.05) is 17.7 Å². The average Bonchev–Trinajstić information content (AvgIpc) is 2.62. The zero-order valence-electron chi connectivity index (χ0n) is 17.2. The monoisotopic (exact) mass is 404 g/mol. The molecule has 0 fully saturated rings. The summed E-state index contributed by atoms with van der Waals surface area (Å²) in [4.78, 5) is 12.9. The normalized spacial score (nSPS) is 13.5. The minimum atomic E-state index is -3.69.